The van der Waals surface area contributed by atoms with Crippen LogP contribution < -0.4 is 0 Å². The van der Waals surface area contributed by atoms with Crippen LogP contribution >= 0.6 is 11.6 Å². The highest BCUT2D eigenvalue weighted by Gasteiger charge is 1.97. The molecule has 0 unspecified atom stereocenters. The second-order valence-corrected chi connectivity index (χ2v) is 2.39. The molecular weight excluding hydrogens is 158 g/mol. The van der Waals surface area contributed by atoms with E-state index in [1.807, 2.05) is 6.07 Å². The van der Waals surface area contributed by atoms with Crippen LogP contribution in [-0.2, 0) is 0 Å². The molecule has 0 heterocycles. The van der Waals surface area contributed by atoms with Crippen LogP contribution in [0.25, 0.3) is 0 Å². The van der Waals surface area contributed by atoms with Gasteiger partial charge in [0.25, 0.3) is 0 Å². The molecule has 1 rings (SSSR count). The van der Waals surface area contributed by atoms with Crippen LogP contribution in [0.15, 0.2) is 24.8 Å². The molecule has 53 valence electrons. The van der Waals surface area contributed by atoms with Crippen molar-refractivity contribution < 1.29 is 0 Å². The van der Waals surface area contributed by atoms with E-state index in [9.17, 15) is 0 Å². The minimum absolute atomic E-state index is 0.446. The van der Waals surface area contributed by atoms with Crippen molar-refractivity contribution in [2.75, 3.05) is 0 Å². The Morgan fingerprint density at radius 3 is 2.64 bits per heavy atom. The zero-order chi connectivity index (χ0) is 8.27. The molecule has 1 aromatic carbocycles. The first-order valence-corrected chi connectivity index (χ1v) is 3.38. The molecule has 1 aromatic rings. The predicted molar refractivity (Wildman–Crippen MR) is 44.1 cm³/mol. The molecule has 0 aliphatic rings. The number of halogens is 1. The molecular formula is C9H5ClN. The van der Waals surface area contributed by atoms with Gasteiger partial charge in [-0.3, -0.25) is 0 Å². The summed E-state index contributed by atoms with van der Waals surface area (Å²) in [6, 6.07) is 7.02. The van der Waals surface area contributed by atoms with E-state index in [0.29, 0.717) is 10.6 Å². The van der Waals surface area contributed by atoms with Gasteiger partial charge in [0.1, 0.15) is 6.07 Å². The summed E-state index contributed by atoms with van der Waals surface area (Å²) in [7, 11) is 0. The van der Waals surface area contributed by atoms with E-state index in [4.69, 9.17) is 16.9 Å². The van der Waals surface area contributed by atoms with Crippen molar-refractivity contribution in [3.05, 3.63) is 47.0 Å². The second kappa shape index (κ2) is 3.23. The summed E-state index contributed by atoms with van der Waals surface area (Å²) in [4.78, 5) is 0. The Hall–Kier alpha value is -1.26. The number of nitriles is 1. The van der Waals surface area contributed by atoms with Crippen molar-refractivity contribution in [1.82, 2.24) is 0 Å². The van der Waals surface area contributed by atoms with E-state index >= 15 is 0 Å². The maximum absolute atomic E-state index is 8.51. The van der Waals surface area contributed by atoms with Gasteiger partial charge in [-0.15, -0.1) is 0 Å². The Labute approximate surface area is 70.5 Å². The molecule has 0 fully saturated rings. The van der Waals surface area contributed by atoms with Gasteiger partial charge in [0.05, 0.1) is 10.6 Å². The molecule has 1 radical (unpaired) electrons. The van der Waals surface area contributed by atoms with Crippen molar-refractivity contribution in [2.24, 2.45) is 0 Å². The second-order valence-electron chi connectivity index (χ2n) is 1.98. The third-order valence-corrected chi connectivity index (χ3v) is 1.61. The average Bonchev–Trinajstić information content (AvgIpc) is 2.04. The molecule has 1 nitrogen and oxygen atoms in total. The van der Waals surface area contributed by atoms with E-state index in [0.717, 1.165) is 5.56 Å². The van der Waals surface area contributed by atoms with Gasteiger partial charge >= 0.3 is 0 Å². The van der Waals surface area contributed by atoms with Crippen molar-refractivity contribution in [1.29, 1.82) is 5.26 Å². The van der Waals surface area contributed by atoms with Crippen LogP contribution in [0.2, 0.25) is 5.02 Å². The first-order chi connectivity index (χ1) is 5.27. The summed E-state index contributed by atoms with van der Waals surface area (Å²) >= 11 is 5.72. The molecule has 0 saturated carbocycles. The van der Waals surface area contributed by atoms with E-state index in [1.54, 1.807) is 18.2 Å². The van der Waals surface area contributed by atoms with E-state index in [2.05, 4.69) is 12.7 Å². The molecule has 0 atom stereocenters. The molecule has 0 aliphatic carbocycles. The van der Waals surface area contributed by atoms with Crippen LogP contribution in [0.3, 0.4) is 0 Å². The van der Waals surface area contributed by atoms with Gasteiger partial charge in [0, 0.05) is 0 Å². The zero-order valence-electron chi connectivity index (χ0n) is 5.76. The standard InChI is InChI=1S/C9H5ClN/c1-2-7-3-4-8(6-11)9(10)5-7/h3-5H,1H2. The Bertz CT molecular complexity index is 323. The molecule has 0 saturated heterocycles. The summed E-state index contributed by atoms with van der Waals surface area (Å²) in [5.74, 6) is 0. The third-order valence-electron chi connectivity index (χ3n) is 1.29. The summed E-state index contributed by atoms with van der Waals surface area (Å²) in [5.41, 5.74) is 1.28. The highest BCUT2D eigenvalue weighted by Crippen LogP contribution is 2.16. The molecule has 0 N–H and O–H groups in total. The van der Waals surface area contributed by atoms with Gasteiger partial charge in [-0.05, 0) is 23.8 Å². The normalized spacial score (nSPS) is 8.73. The fourth-order valence-corrected chi connectivity index (χ4v) is 0.939. The molecule has 0 amide bonds. The maximum Gasteiger partial charge on any atom is 0.101 e. The fourth-order valence-electron chi connectivity index (χ4n) is 0.716. The van der Waals surface area contributed by atoms with Crippen LogP contribution in [-0.4, -0.2) is 0 Å². The van der Waals surface area contributed by atoms with Gasteiger partial charge in [-0.1, -0.05) is 24.2 Å². The zero-order valence-corrected chi connectivity index (χ0v) is 6.52. The topological polar surface area (TPSA) is 23.8 Å². The minimum Gasteiger partial charge on any atom is -0.192 e. The lowest BCUT2D eigenvalue weighted by molar-refractivity contribution is 1.47. The van der Waals surface area contributed by atoms with Gasteiger partial charge in [0.15, 0.2) is 0 Å². The highest BCUT2D eigenvalue weighted by atomic mass is 35.5. The van der Waals surface area contributed by atoms with Crippen LogP contribution in [0.5, 0.6) is 0 Å². The van der Waals surface area contributed by atoms with Crippen molar-refractivity contribution in [2.45, 2.75) is 0 Å². The van der Waals surface area contributed by atoms with Crippen LogP contribution in [0.4, 0.5) is 0 Å². The van der Waals surface area contributed by atoms with Gasteiger partial charge in [0.2, 0.25) is 0 Å². The summed E-state index contributed by atoms with van der Waals surface area (Å²) in [6.45, 7) is 3.46. The molecule has 0 spiro atoms. The van der Waals surface area contributed by atoms with Gasteiger partial charge < -0.3 is 0 Å². The van der Waals surface area contributed by atoms with E-state index in [1.165, 1.54) is 0 Å². The summed E-state index contributed by atoms with van der Waals surface area (Å²) < 4.78 is 0. The Balaban J connectivity index is 3.22. The molecule has 0 aromatic heterocycles. The van der Waals surface area contributed by atoms with Crippen molar-refractivity contribution in [3.8, 4) is 6.07 Å². The average molecular weight is 163 g/mol. The Morgan fingerprint density at radius 1 is 1.45 bits per heavy atom. The van der Waals surface area contributed by atoms with Crippen molar-refractivity contribution >= 4 is 11.6 Å². The predicted octanol–water partition coefficient (Wildman–Crippen LogP) is 2.55. The summed E-state index contributed by atoms with van der Waals surface area (Å²) in [5, 5.41) is 8.96. The quantitative estimate of drug-likeness (QED) is 0.623. The molecule has 0 bridgehead atoms. The number of nitrogens with zero attached hydrogens (tertiary/aromatic N) is 1. The van der Waals surface area contributed by atoms with Crippen molar-refractivity contribution in [3.63, 3.8) is 0 Å². The monoisotopic (exact) mass is 162 g/mol. The number of rotatable bonds is 1. The van der Waals surface area contributed by atoms with Crippen LogP contribution in [0, 0.1) is 17.4 Å². The fraction of sp³-hybridized carbons (Fsp3) is 0. The lowest BCUT2D eigenvalue weighted by Gasteiger charge is -1.94. The third kappa shape index (κ3) is 1.60. The first-order valence-electron chi connectivity index (χ1n) is 3.00. The molecule has 2 heteroatoms. The molecule has 11 heavy (non-hydrogen) atoms. The lowest BCUT2D eigenvalue weighted by Crippen LogP contribution is -1.78. The Kier molecular flexibility index (Phi) is 2.30. The SMILES string of the molecule is C=[C]c1ccc(C#N)c(Cl)c1. The first kappa shape index (κ1) is 7.84. The maximum atomic E-state index is 8.51. The van der Waals surface area contributed by atoms with Gasteiger partial charge in [-0.2, -0.15) is 5.26 Å². The number of hydrogen-bond donors (Lipinski definition) is 0. The minimum atomic E-state index is 0.446. The van der Waals surface area contributed by atoms with Crippen LogP contribution in [0.1, 0.15) is 11.1 Å². The molecule has 0 aliphatic heterocycles. The van der Waals surface area contributed by atoms with E-state index < -0.39 is 0 Å². The van der Waals surface area contributed by atoms with E-state index in [-0.39, 0.29) is 0 Å². The highest BCUT2D eigenvalue weighted by molar-refractivity contribution is 6.31. The number of benzene rings is 1. The lowest BCUT2D eigenvalue weighted by atomic mass is 10.1. The van der Waals surface area contributed by atoms with Gasteiger partial charge in [-0.25, -0.2) is 0 Å². The smallest absolute Gasteiger partial charge is 0.101 e. The Morgan fingerprint density at radius 2 is 2.18 bits per heavy atom. The number of hydrogen-bond acceptors (Lipinski definition) is 1. The largest absolute Gasteiger partial charge is 0.192 e. The summed E-state index contributed by atoms with van der Waals surface area (Å²) in [6.07, 6.45) is 2.68.